The van der Waals surface area contributed by atoms with Crippen molar-refractivity contribution >= 4 is 5.96 Å². The van der Waals surface area contributed by atoms with Gasteiger partial charge in [0, 0.05) is 59.5 Å². The van der Waals surface area contributed by atoms with Crippen LogP contribution in [-0.4, -0.2) is 94.3 Å². The monoisotopic (exact) mass is 286 g/mol. The van der Waals surface area contributed by atoms with Crippen LogP contribution in [0.25, 0.3) is 0 Å². The number of nitrogens with two attached hydrogens (primary N) is 1. The highest BCUT2D eigenvalue weighted by Gasteiger charge is 2.18. The summed E-state index contributed by atoms with van der Waals surface area (Å²) >= 11 is 0. The molecular formula is C13H30N6O. The number of hydrazine groups is 1. The molecule has 1 aliphatic rings. The second-order valence-electron chi connectivity index (χ2n) is 5.33. The van der Waals surface area contributed by atoms with Crippen molar-refractivity contribution in [2.24, 2.45) is 10.8 Å². The zero-order chi connectivity index (χ0) is 14.8. The van der Waals surface area contributed by atoms with Crippen molar-refractivity contribution in [2.45, 2.75) is 6.42 Å². The van der Waals surface area contributed by atoms with Crippen LogP contribution in [0.4, 0.5) is 0 Å². The van der Waals surface area contributed by atoms with E-state index < -0.39 is 0 Å². The first-order valence-electron chi connectivity index (χ1n) is 7.29. The Morgan fingerprint density at radius 1 is 1.30 bits per heavy atom. The van der Waals surface area contributed by atoms with E-state index >= 15 is 0 Å². The van der Waals surface area contributed by atoms with Crippen molar-refractivity contribution in [3.8, 4) is 0 Å². The van der Waals surface area contributed by atoms with Crippen LogP contribution in [0.15, 0.2) is 4.99 Å². The van der Waals surface area contributed by atoms with E-state index in [1.54, 1.807) is 7.11 Å². The number of likely N-dealkylation sites (N-methyl/N-ethyl adjacent to an activating group) is 1. The van der Waals surface area contributed by atoms with E-state index in [-0.39, 0.29) is 0 Å². The lowest BCUT2D eigenvalue weighted by atomic mass is 10.3. The molecule has 0 atom stereocenters. The van der Waals surface area contributed by atoms with Gasteiger partial charge < -0.3 is 14.5 Å². The summed E-state index contributed by atoms with van der Waals surface area (Å²) in [6.07, 6.45) is 0.921. The molecule has 0 aromatic heterocycles. The zero-order valence-electron chi connectivity index (χ0n) is 13.1. The Morgan fingerprint density at radius 3 is 2.55 bits per heavy atom. The molecule has 0 radical (unpaired) electrons. The minimum absolute atomic E-state index is 0.736. The molecule has 3 N–H and O–H groups in total. The molecule has 20 heavy (non-hydrogen) atoms. The summed E-state index contributed by atoms with van der Waals surface area (Å²) in [6, 6.07) is 0. The Balaban J connectivity index is 2.30. The number of ether oxygens (including phenoxy) is 1. The van der Waals surface area contributed by atoms with Gasteiger partial charge in [0.2, 0.25) is 5.96 Å². The molecule has 7 nitrogen and oxygen atoms in total. The summed E-state index contributed by atoms with van der Waals surface area (Å²) in [5.41, 5.74) is 2.72. The number of hydrogen-bond acceptors (Lipinski definition) is 5. The standard InChI is InChI=1S/C13H30N6O/c1-17(2)6-7-18-8-10-19(11-9-18)13(16-14)15-5-4-12-20-3/h4-12,14H2,1-3H3,(H,15,16). The average molecular weight is 286 g/mol. The summed E-state index contributed by atoms with van der Waals surface area (Å²) in [7, 11) is 5.93. The number of guanidine groups is 1. The summed E-state index contributed by atoms with van der Waals surface area (Å²) in [6.45, 7) is 7.78. The van der Waals surface area contributed by atoms with E-state index in [2.05, 4.69) is 39.2 Å². The van der Waals surface area contributed by atoms with Gasteiger partial charge >= 0.3 is 0 Å². The average Bonchev–Trinajstić information content (AvgIpc) is 2.46. The molecule has 0 aromatic rings. The lowest BCUT2D eigenvalue weighted by molar-refractivity contribution is 0.166. The fourth-order valence-corrected chi connectivity index (χ4v) is 2.16. The van der Waals surface area contributed by atoms with Crippen LogP contribution in [0.2, 0.25) is 0 Å². The number of piperazine rings is 1. The van der Waals surface area contributed by atoms with Gasteiger partial charge in [-0.25, -0.2) is 5.84 Å². The Bertz CT molecular complexity index is 276. The lowest BCUT2D eigenvalue weighted by Crippen LogP contribution is -2.54. The van der Waals surface area contributed by atoms with E-state index in [9.17, 15) is 0 Å². The second kappa shape index (κ2) is 9.93. The summed E-state index contributed by atoms with van der Waals surface area (Å²) in [4.78, 5) is 11.4. The number of rotatable bonds is 7. The van der Waals surface area contributed by atoms with Gasteiger partial charge in [0.15, 0.2) is 0 Å². The molecule has 0 spiro atoms. The Labute approximate surface area is 122 Å². The Hall–Kier alpha value is -0.890. The molecule has 1 saturated heterocycles. The SMILES string of the molecule is COCCCN=C(NN)N1CCN(CCN(C)C)CC1. The normalized spacial score (nSPS) is 17.9. The summed E-state index contributed by atoms with van der Waals surface area (Å²) < 4.78 is 5.02. The first-order chi connectivity index (χ1) is 9.67. The van der Waals surface area contributed by atoms with Crippen molar-refractivity contribution in [1.29, 1.82) is 0 Å². The molecule has 0 aromatic carbocycles. The first-order valence-corrected chi connectivity index (χ1v) is 7.29. The molecule has 0 aliphatic carbocycles. The molecular weight excluding hydrogens is 256 g/mol. The summed E-state index contributed by atoms with van der Waals surface area (Å²) in [5, 5.41) is 0. The molecule has 0 amide bonds. The Kier molecular flexibility index (Phi) is 8.52. The smallest absolute Gasteiger partial charge is 0.208 e. The largest absolute Gasteiger partial charge is 0.385 e. The van der Waals surface area contributed by atoms with Crippen LogP contribution in [-0.2, 0) is 4.74 Å². The van der Waals surface area contributed by atoms with Gasteiger partial charge in [-0.2, -0.15) is 0 Å². The molecule has 1 rings (SSSR count). The van der Waals surface area contributed by atoms with Crippen LogP contribution in [0.5, 0.6) is 0 Å². The fourth-order valence-electron chi connectivity index (χ4n) is 2.16. The van der Waals surface area contributed by atoms with Gasteiger partial charge in [-0.1, -0.05) is 0 Å². The maximum absolute atomic E-state index is 5.58. The van der Waals surface area contributed by atoms with E-state index in [1.807, 2.05) is 0 Å². The van der Waals surface area contributed by atoms with E-state index in [1.165, 1.54) is 0 Å². The molecule has 1 heterocycles. The van der Waals surface area contributed by atoms with Crippen molar-refractivity contribution < 1.29 is 4.74 Å². The number of aliphatic imine (C=N–C) groups is 1. The molecule has 0 bridgehead atoms. The molecule has 0 saturated carbocycles. The van der Waals surface area contributed by atoms with E-state index in [0.29, 0.717) is 0 Å². The van der Waals surface area contributed by atoms with Crippen molar-refractivity contribution in [1.82, 2.24) is 20.1 Å². The summed E-state index contributed by atoms with van der Waals surface area (Å²) in [5.74, 6) is 6.38. The van der Waals surface area contributed by atoms with Crippen LogP contribution in [0, 0.1) is 0 Å². The number of nitrogens with zero attached hydrogens (tertiary/aromatic N) is 4. The van der Waals surface area contributed by atoms with E-state index in [0.717, 1.165) is 64.8 Å². The second-order valence-corrected chi connectivity index (χ2v) is 5.33. The fraction of sp³-hybridized carbons (Fsp3) is 0.923. The highest BCUT2D eigenvalue weighted by Crippen LogP contribution is 2.02. The van der Waals surface area contributed by atoms with Gasteiger partial charge in [0.1, 0.15) is 0 Å². The van der Waals surface area contributed by atoms with Crippen molar-refractivity contribution in [3.63, 3.8) is 0 Å². The van der Waals surface area contributed by atoms with Crippen LogP contribution < -0.4 is 11.3 Å². The Morgan fingerprint density at radius 2 is 2.00 bits per heavy atom. The van der Waals surface area contributed by atoms with Gasteiger partial charge in [-0.3, -0.25) is 15.3 Å². The molecule has 7 heteroatoms. The van der Waals surface area contributed by atoms with Crippen LogP contribution >= 0.6 is 0 Å². The predicted molar refractivity (Wildman–Crippen MR) is 82.7 cm³/mol. The van der Waals surface area contributed by atoms with Gasteiger partial charge in [-0.05, 0) is 20.5 Å². The highest BCUT2D eigenvalue weighted by molar-refractivity contribution is 5.79. The molecule has 1 fully saturated rings. The van der Waals surface area contributed by atoms with E-state index in [4.69, 9.17) is 10.6 Å². The predicted octanol–water partition coefficient (Wildman–Crippen LogP) is -0.979. The molecule has 118 valence electrons. The highest BCUT2D eigenvalue weighted by atomic mass is 16.5. The molecule has 1 aliphatic heterocycles. The quantitative estimate of drug-likeness (QED) is 0.206. The van der Waals surface area contributed by atoms with Crippen molar-refractivity contribution in [2.75, 3.05) is 73.6 Å². The topological polar surface area (TPSA) is 69.4 Å². The third-order valence-corrected chi connectivity index (χ3v) is 3.43. The van der Waals surface area contributed by atoms with Gasteiger partial charge in [0.05, 0.1) is 0 Å². The first kappa shape index (κ1) is 17.2. The number of methoxy groups -OCH3 is 1. The zero-order valence-corrected chi connectivity index (χ0v) is 13.1. The maximum Gasteiger partial charge on any atom is 0.208 e. The maximum atomic E-state index is 5.58. The minimum atomic E-state index is 0.736. The third-order valence-electron chi connectivity index (χ3n) is 3.43. The number of hydrogen-bond donors (Lipinski definition) is 2. The third kappa shape index (κ3) is 6.51. The number of nitrogens with one attached hydrogen (secondary N) is 1. The van der Waals surface area contributed by atoms with Gasteiger partial charge in [-0.15, -0.1) is 0 Å². The van der Waals surface area contributed by atoms with Gasteiger partial charge in [0.25, 0.3) is 0 Å². The van der Waals surface area contributed by atoms with Crippen molar-refractivity contribution in [3.05, 3.63) is 0 Å². The van der Waals surface area contributed by atoms with Crippen LogP contribution in [0.1, 0.15) is 6.42 Å². The minimum Gasteiger partial charge on any atom is -0.385 e. The van der Waals surface area contributed by atoms with Crippen LogP contribution in [0.3, 0.4) is 0 Å². The molecule has 0 unspecified atom stereocenters. The lowest BCUT2D eigenvalue weighted by Gasteiger charge is -2.36.